The molecule has 5 aromatic rings. The highest BCUT2D eigenvalue weighted by molar-refractivity contribution is 8.18. The van der Waals surface area contributed by atoms with Crippen LogP contribution < -0.4 is 4.90 Å². The van der Waals surface area contributed by atoms with Crippen molar-refractivity contribution in [3.05, 3.63) is 119 Å². The summed E-state index contributed by atoms with van der Waals surface area (Å²) in [6.07, 6.45) is 3.82. The summed E-state index contributed by atoms with van der Waals surface area (Å²) in [5.41, 5.74) is 4.22. The first-order valence-corrected chi connectivity index (χ1v) is 15.2. The molecule has 0 aliphatic carbocycles. The second kappa shape index (κ2) is 11.5. The molecule has 0 bridgehead atoms. The molecule has 2 aliphatic rings. The average Bonchev–Trinajstić information content (AvgIpc) is 3.52. The lowest BCUT2D eigenvalue weighted by atomic mass is 10.1. The molecule has 0 atom stereocenters. The van der Waals surface area contributed by atoms with Gasteiger partial charge in [0.25, 0.3) is 11.1 Å². The summed E-state index contributed by atoms with van der Waals surface area (Å²) in [5, 5.41) is 2.99. The first kappa shape index (κ1) is 27.0. The van der Waals surface area contributed by atoms with E-state index in [2.05, 4.69) is 58.0 Å². The molecule has 7 nitrogen and oxygen atoms in total. The summed E-state index contributed by atoms with van der Waals surface area (Å²) in [7, 11) is 0. The maximum absolute atomic E-state index is 13.4. The normalized spacial score (nSPS) is 16.7. The van der Waals surface area contributed by atoms with Gasteiger partial charge in [-0.05, 0) is 58.4 Å². The Labute approximate surface area is 254 Å². The number of anilines is 1. The van der Waals surface area contributed by atoms with E-state index in [1.165, 1.54) is 16.3 Å². The zero-order valence-corrected chi connectivity index (χ0v) is 24.4. The number of aromatic nitrogens is 1. The second-order valence-electron chi connectivity index (χ2n) is 10.9. The van der Waals surface area contributed by atoms with Crippen LogP contribution in [0.5, 0.6) is 0 Å². The van der Waals surface area contributed by atoms with Crippen LogP contribution in [0.15, 0.2) is 108 Å². The van der Waals surface area contributed by atoms with Crippen molar-refractivity contribution in [2.45, 2.75) is 6.54 Å². The van der Waals surface area contributed by atoms with Crippen molar-refractivity contribution in [3.63, 3.8) is 0 Å². The zero-order chi connectivity index (χ0) is 29.3. The van der Waals surface area contributed by atoms with Crippen LogP contribution in [0.25, 0.3) is 27.8 Å². The maximum Gasteiger partial charge on any atom is 0.294 e. The van der Waals surface area contributed by atoms with Gasteiger partial charge in [-0.25, -0.2) is 0 Å². The Morgan fingerprint density at radius 1 is 0.791 bits per heavy atom. The van der Waals surface area contributed by atoms with E-state index in [9.17, 15) is 14.4 Å². The Hall–Kier alpha value is -4.82. The molecule has 0 spiro atoms. The van der Waals surface area contributed by atoms with Crippen LogP contribution in [0.1, 0.15) is 11.1 Å². The van der Waals surface area contributed by atoms with Crippen LogP contribution in [0.2, 0.25) is 0 Å². The van der Waals surface area contributed by atoms with E-state index in [1.807, 2.05) is 54.7 Å². The number of imide groups is 1. The smallest absolute Gasteiger partial charge is 0.294 e. The lowest BCUT2D eigenvalue weighted by Crippen LogP contribution is -2.51. The third-order valence-corrected chi connectivity index (χ3v) is 9.10. The molecule has 0 radical (unpaired) electrons. The van der Waals surface area contributed by atoms with E-state index in [0.717, 1.165) is 38.8 Å². The number of fused-ring (bicyclic) bond motifs is 2. The van der Waals surface area contributed by atoms with Gasteiger partial charge >= 0.3 is 0 Å². The summed E-state index contributed by atoms with van der Waals surface area (Å²) in [6.45, 7) is 2.96. The zero-order valence-electron chi connectivity index (χ0n) is 23.6. The Kier molecular flexibility index (Phi) is 7.20. The molecule has 0 unspecified atom stereocenters. The summed E-state index contributed by atoms with van der Waals surface area (Å²) in [4.78, 5) is 44.8. The molecule has 0 saturated carbocycles. The number of amides is 3. The highest BCUT2D eigenvalue weighted by atomic mass is 32.2. The minimum absolute atomic E-state index is 0.205. The number of para-hydroxylation sites is 2. The van der Waals surface area contributed by atoms with Gasteiger partial charge in [-0.1, -0.05) is 72.8 Å². The van der Waals surface area contributed by atoms with Crippen molar-refractivity contribution in [1.82, 2.24) is 14.4 Å². The molecular weight excluding hydrogens is 556 g/mol. The van der Waals surface area contributed by atoms with Crippen LogP contribution >= 0.6 is 11.8 Å². The fourth-order valence-electron chi connectivity index (χ4n) is 5.92. The Morgan fingerprint density at radius 3 is 2.33 bits per heavy atom. The third kappa shape index (κ3) is 5.42. The van der Waals surface area contributed by atoms with Crippen molar-refractivity contribution >= 4 is 62.3 Å². The number of thioether (sulfide) groups is 1. The van der Waals surface area contributed by atoms with Gasteiger partial charge in [0, 0.05) is 61.1 Å². The van der Waals surface area contributed by atoms with Gasteiger partial charge in [-0.2, -0.15) is 0 Å². The topological polar surface area (TPSA) is 65.9 Å². The van der Waals surface area contributed by atoms with E-state index < -0.39 is 11.1 Å². The molecule has 3 heterocycles. The number of benzene rings is 4. The van der Waals surface area contributed by atoms with Crippen molar-refractivity contribution in [2.75, 3.05) is 37.6 Å². The van der Waals surface area contributed by atoms with Crippen LogP contribution in [-0.4, -0.2) is 64.1 Å². The molecule has 1 aromatic heterocycles. The van der Waals surface area contributed by atoms with E-state index >= 15 is 0 Å². The Bertz CT molecular complexity index is 1890. The standard InChI is InChI=1S/C35H30N4O3S/c40-33(37-18-16-36(17-19-37)29-10-2-1-3-11-29)24-39-34(41)32(43-35(39)42)21-28-23-38(31-13-7-6-12-30(28)31)22-25-14-15-26-8-4-5-9-27(26)20-25/h1-15,20-21,23H,16-19,22,24H2. The number of hydrogen-bond donors (Lipinski definition) is 0. The first-order valence-electron chi connectivity index (χ1n) is 14.4. The summed E-state index contributed by atoms with van der Waals surface area (Å²) < 4.78 is 2.17. The minimum Gasteiger partial charge on any atom is -0.368 e. The molecule has 2 aliphatic heterocycles. The maximum atomic E-state index is 13.4. The van der Waals surface area contributed by atoms with Gasteiger partial charge in [0.15, 0.2) is 0 Å². The molecule has 0 N–H and O–H groups in total. The third-order valence-electron chi connectivity index (χ3n) is 8.19. The quantitative estimate of drug-likeness (QED) is 0.221. The molecule has 2 fully saturated rings. The molecule has 3 amide bonds. The van der Waals surface area contributed by atoms with Crippen LogP contribution in [0.3, 0.4) is 0 Å². The minimum atomic E-state index is -0.419. The summed E-state index contributed by atoms with van der Waals surface area (Å²) >= 11 is 0.896. The highest BCUT2D eigenvalue weighted by Crippen LogP contribution is 2.34. The second-order valence-corrected chi connectivity index (χ2v) is 11.9. The number of rotatable bonds is 6. The molecule has 4 aromatic carbocycles. The van der Waals surface area contributed by atoms with E-state index in [4.69, 9.17) is 0 Å². The molecule has 214 valence electrons. The van der Waals surface area contributed by atoms with Crippen LogP contribution in [-0.2, 0) is 16.1 Å². The van der Waals surface area contributed by atoms with Crippen molar-refractivity contribution < 1.29 is 14.4 Å². The van der Waals surface area contributed by atoms with Crippen molar-refractivity contribution in [1.29, 1.82) is 0 Å². The van der Waals surface area contributed by atoms with Gasteiger partial charge in [0.2, 0.25) is 5.91 Å². The molecular formula is C35H30N4O3S. The van der Waals surface area contributed by atoms with Gasteiger partial charge < -0.3 is 14.4 Å². The number of carbonyl (C=O) groups is 3. The van der Waals surface area contributed by atoms with Gasteiger partial charge in [0.1, 0.15) is 6.54 Å². The number of nitrogens with zero attached hydrogens (tertiary/aromatic N) is 4. The largest absolute Gasteiger partial charge is 0.368 e. The van der Waals surface area contributed by atoms with Crippen LogP contribution in [0, 0.1) is 0 Å². The number of carbonyl (C=O) groups excluding carboxylic acids is 3. The summed E-state index contributed by atoms with van der Waals surface area (Å²) in [6, 6.07) is 33.0. The molecule has 43 heavy (non-hydrogen) atoms. The number of piperazine rings is 1. The first-order chi connectivity index (χ1) is 21.0. The molecule has 8 heteroatoms. The van der Waals surface area contributed by atoms with Gasteiger partial charge in [-0.15, -0.1) is 0 Å². The van der Waals surface area contributed by atoms with Crippen molar-refractivity contribution in [3.8, 4) is 0 Å². The average molecular weight is 587 g/mol. The predicted molar refractivity (Wildman–Crippen MR) is 173 cm³/mol. The lowest BCUT2D eigenvalue weighted by Gasteiger charge is -2.36. The fraction of sp³-hybridized carbons (Fsp3) is 0.171. The summed E-state index contributed by atoms with van der Waals surface area (Å²) in [5.74, 6) is -0.624. The van der Waals surface area contributed by atoms with E-state index in [-0.39, 0.29) is 12.5 Å². The highest BCUT2D eigenvalue weighted by Gasteiger charge is 2.37. The fourth-order valence-corrected chi connectivity index (χ4v) is 6.75. The van der Waals surface area contributed by atoms with E-state index in [1.54, 1.807) is 11.0 Å². The van der Waals surface area contributed by atoms with Gasteiger partial charge in [0.05, 0.1) is 4.91 Å². The Balaban J connectivity index is 1.07. The molecule has 2 saturated heterocycles. The number of hydrogen-bond acceptors (Lipinski definition) is 5. The SMILES string of the molecule is O=C(CN1C(=O)SC(=Cc2cn(Cc3ccc4ccccc4c3)c3ccccc23)C1=O)N1CCN(c2ccccc2)CC1. The molecule has 7 rings (SSSR count). The van der Waals surface area contributed by atoms with E-state index in [0.29, 0.717) is 37.6 Å². The Morgan fingerprint density at radius 2 is 1.51 bits per heavy atom. The van der Waals surface area contributed by atoms with Gasteiger partial charge in [-0.3, -0.25) is 19.3 Å². The lowest BCUT2D eigenvalue weighted by molar-refractivity contribution is -0.136. The van der Waals surface area contributed by atoms with Crippen LogP contribution in [0.4, 0.5) is 10.5 Å². The van der Waals surface area contributed by atoms with Crippen molar-refractivity contribution in [2.24, 2.45) is 0 Å². The monoisotopic (exact) mass is 586 g/mol. The predicted octanol–water partition coefficient (Wildman–Crippen LogP) is 6.23.